The summed E-state index contributed by atoms with van der Waals surface area (Å²) >= 11 is 0. The minimum Gasteiger partial charge on any atom is -0.462 e. The van der Waals surface area contributed by atoms with Crippen molar-refractivity contribution in [1.82, 2.24) is 10.8 Å². The van der Waals surface area contributed by atoms with E-state index in [9.17, 15) is 65.9 Å². The zero-order valence-electron chi connectivity index (χ0n) is 38.6. The third-order valence-electron chi connectivity index (χ3n) is 12.1. The summed E-state index contributed by atoms with van der Waals surface area (Å²) in [5.74, 6) is -3.77. The number of nitrogens with one attached hydrogen (secondary N) is 2. The highest BCUT2D eigenvalue weighted by atomic mass is 16.7. The highest BCUT2D eigenvalue weighted by Gasteiger charge is 2.49. The van der Waals surface area contributed by atoms with E-state index >= 15 is 0 Å². The summed E-state index contributed by atoms with van der Waals surface area (Å²) in [5, 5.41) is 120. The molecule has 15 N–H and O–H groups in total. The van der Waals surface area contributed by atoms with Crippen LogP contribution in [0.15, 0.2) is 85.1 Å². The predicted octanol–water partition coefficient (Wildman–Crippen LogP) is 0.0679. The molecule has 0 spiro atoms. The van der Waals surface area contributed by atoms with Crippen molar-refractivity contribution in [2.75, 3.05) is 0 Å². The van der Waals surface area contributed by atoms with Gasteiger partial charge in [-0.2, -0.15) is 0 Å². The maximum atomic E-state index is 12.6. The summed E-state index contributed by atoms with van der Waals surface area (Å²) in [6.07, 6.45) is 4.02. The molecule has 2 amide bonds. The second-order valence-corrected chi connectivity index (χ2v) is 17.8. The van der Waals surface area contributed by atoms with Gasteiger partial charge >= 0.3 is 12.0 Å². The van der Waals surface area contributed by atoms with Gasteiger partial charge in [0.1, 0.15) is 12.2 Å². The first-order valence-electron chi connectivity index (χ1n) is 22.8. The number of rotatable bonds is 3. The maximum Gasteiger partial charge on any atom is 0.338 e. The Morgan fingerprint density at radius 2 is 1.27 bits per heavy atom. The fraction of sp³-hybridized carbons (Fsp3) is 0.660. The first kappa shape index (κ1) is 57.6. The zero-order chi connectivity index (χ0) is 49.8. The van der Waals surface area contributed by atoms with Gasteiger partial charge in [-0.3, -0.25) is 10.0 Å². The van der Waals surface area contributed by atoms with Crippen LogP contribution in [0.25, 0.3) is 0 Å². The molecule has 19 atom stereocenters. The number of hydrogen-bond acceptors (Lipinski definition) is 18. The third-order valence-corrected chi connectivity index (χ3v) is 12.1. The number of fused-ring (bicyclic) bond motifs is 2. The van der Waals surface area contributed by atoms with Gasteiger partial charge < -0.3 is 81.1 Å². The lowest BCUT2D eigenvalue weighted by atomic mass is 9.87. The Labute approximate surface area is 392 Å². The van der Waals surface area contributed by atoms with Crippen molar-refractivity contribution in [1.29, 1.82) is 0 Å². The summed E-state index contributed by atoms with van der Waals surface area (Å²) in [6.45, 7) is 6.75. The van der Waals surface area contributed by atoms with Crippen molar-refractivity contribution in [2.24, 2.45) is 17.6 Å². The van der Waals surface area contributed by atoms with Crippen molar-refractivity contribution < 1.29 is 84.8 Å². The Balaban J connectivity index is 1.89. The summed E-state index contributed by atoms with van der Waals surface area (Å²) in [6, 6.07) is -3.56. The van der Waals surface area contributed by atoms with Crippen LogP contribution in [0.2, 0.25) is 0 Å². The van der Waals surface area contributed by atoms with Crippen LogP contribution in [-0.2, 0) is 23.7 Å². The van der Waals surface area contributed by atoms with E-state index in [-0.39, 0.29) is 31.6 Å². The van der Waals surface area contributed by atoms with Crippen LogP contribution in [-0.4, -0.2) is 172 Å². The summed E-state index contributed by atoms with van der Waals surface area (Å²) in [4.78, 5) is 24.9. The van der Waals surface area contributed by atoms with Crippen LogP contribution in [0.1, 0.15) is 79.1 Å². The standard InChI is InChI=1S/C47H75N3O17/c1-27-17-15-13-11-9-7-5-6-8-10-12-14-16-18-34(66-45-44(60)40(48)43(59)30(4)65-45)24-38-41(49-46(61)50-63)37(56)26-47(62,67-38)25-33(53)22-36(55)35(54)20-19-31(51)21-32(52)23-39(57)64-29(3)28(2)42(27)58/h5-18,27-38,40-45,51-56,58-60,62-63H,19-26,48H2,1-4H3,(H2,49,50,61)/b6-5+,9-7+,10-8+,13-11+,14-12+,17-15+,18-16+/t27-,28-,29-,30+,31+,32+,33-,34-,35+,36+,37-,38-,40-,41+,42+,43+,44-,45-,47+/m0/s1. The molecule has 67 heavy (non-hydrogen) atoms. The largest absolute Gasteiger partial charge is 0.462 e. The molecule has 0 aromatic carbocycles. The monoisotopic (exact) mass is 954 g/mol. The number of carbonyl (C=O) groups is 2. The van der Waals surface area contributed by atoms with Crippen molar-refractivity contribution in [3.8, 4) is 0 Å². The smallest absolute Gasteiger partial charge is 0.338 e. The van der Waals surface area contributed by atoms with Crippen molar-refractivity contribution >= 4 is 12.0 Å². The second kappa shape index (κ2) is 28.7. The SMILES string of the molecule is C[C@@H]1[C@H](O)[C@@H](C)/C=C/C=C/C=C/C=C/C=C/C=C/C=C/[C@H](O[C@@H]2O[C@H](C)[C@@H](O)[C@H](N)[C@@H]2O)C[C@@H]2O[C@](O)(C[C@@H](O)C[C@@H](O)[C@H](O)CC[C@@H](O)C[C@@H](O)CC(=O)O[C@H]1C)C[C@H](O)[C@H]2NC(=O)NO. The Hall–Kier alpha value is -3.68. The first-order valence-corrected chi connectivity index (χ1v) is 22.8. The number of nitrogens with two attached hydrogens (primary N) is 1. The molecule has 0 aliphatic carbocycles. The van der Waals surface area contributed by atoms with Crippen LogP contribution in [0.5, 0.6) is 0 Å². The average Bonchev–Trinajstić information content (AvgIpc) is 3.26. The number of aliphatic hydroxyl groups excluding tert-OH is 9. The molecule has 3 heterocycles. The Kier molecular flexibility index (Phi) is 24.7. The van der Waals surface area contributed by atoms with Gasteiger partial charge in [0.05, 0.1) is 85.6 Å². The molecule has 2 bridgehead atoms. The van der Waals surface area contributed by atoms with Crippen LogP contribution in [0.4, 0.5) is 4.79 Å². The lowest BCUT2D eigenvalue weighted by molar-refractivity contribution is -0.303. The van der Waals surface area contributed by atoms with E-state index in [1.807, 2.05) is 25.2 Å². The second-order valence-electron chi connectivity index (χ2n) is 17.8. The summed E-state index contributed by atoms with van der Waals surface area (Å²) < 4.78 is 23.4. The number of esters is 1. The first-order chi connectivity index (χ1) is 31.6. The number of carbonyl (C=O) groups excluding carboxylic acids is 2. The van der Waals surface area contributed by atoms with E-state index in [4.69, 9.17) is 24.7 Å². The Morgan fingerprint density at radius 3 is 1.87 bits per heavy atom. The van der Waals surface area contributed by atoms with Crippen LogP contribution < -0.4 is 16.5 Å². The van der Waals surface area contributed by atoms with Gasteiger partial charge in [-0.15, -0.1) is 0 Å². The number of aliphatic hydroxyl groups is 10. The van der Waals surface area contributed by atoms with Crippen molar-refractivity contribution in [3.05, 3.63) is 85.1 Å². The van der Waals surface area contributed by atoms with E-state index in [0.717, 1.165) is 0 Å². The van der Waals surface area contributed by atoms with Crippen LogP contribution in [0, 0.1) is 11.8 Å². The molecule has 20 heteroatoms. The fourth-order valence-corrected chi connectivity index (χ4v) is 8.02. The van der Waals surface area contributed by atoms with E-state index in [0.29, 0.717) is 0 Å². The number of cyclic esters (lactones) is 1. The van der Waals surface area contributed by atoms with E-state index in [1.54, 1.807) is 80.7 Å². The molecule has 3 aliphatic heterocycles. The average molecular weight is 954 g/mol. The number of urea groups is 1. The lowest BCUT2D eigenvalue weighted by Gasteiger charge is -2.46. The predicted molar refractivity (Wildman–Crippen MR) is 243 cm³/mol. The van der Waals surface area contributed by atoms with Gasteiger partial charge in [-0.1, -0.05) is 98.9 Å². The molecule has 2 fully saturated rings. The number of hydrogen-bond donors (Lipinski definition) is 14. The molecule has 0 aromatic rings. The molecular formula is C47H75N3O17. The molecule has 3 aliphatic rings. The molecule has 0 radical (unpaired) electrons. The van der Waals surface area contributed by atoms with Crippen LogP contribution in [0.3, 0.4) is 0 Å². The Morgan fingerprint density at radius 1 is 0.687 bits per heavy atom. The quantitative estimate of drug-likeness (QED) is 0.101. The topological polar surface area (TPSA) is 344 Å². The van der Waals surface area contributed by atoms with Gasteiger partial charge in [-0.05, 0) is 33.1 Å². The normalized spacial score (nSPS) is 44.4. The van der Waals surface area contributed by atoms with Crippen molar-refractivity contribution in [3.63, 3.8) is 0 Å². The lowest BCUT2D eigenvalue weighted by Crippen LogP contribution is -2.63. The van der Waals surface area contributed by atoms with E-state index < -0.39 is 147 Å². The molecule has 380 valence electrons. The van der Waals surface area contributed by atoms with Gasteiger partial charge in [0.15, 0.2) is 12.1 Å². The molecular weight excluding hydrogens is 879 g/mol. The highest BCUT2D eigenvalue weighted by molar-refractivity contribution is 5.73. The molecule has 0 saturated carbocycles. The van der Waals surface area contributed by atoms with Gasteiger partial charge in [0.2, 0.25) is 0 Å². The molecule has 2 saturated heterocycles. The van der Waals surface area contributed by atoms with Gasteiger partial charge in [-0.25, -0.2) is 10.3 Å². The van der Waals surface area contributed by atoms with E-state index in [2.05, 4.69) is 5.32 Å². The molecule has 20 nitrogen and oxygen atoms in total. The number of hydroxylamine groups is 1. The summed E-state index contributed by atoms with van der Waals surface area (Å²) in [7, 11) is 0. The number of ether oxygens (including phenoxy) is 4. The molecule has 3 rings (SSSR count). The summed E-state index contributed by atoms with van der Waals surface area (Å²) in [5.41, 5.74) is 7.46. The zero-order valence-corrected chi connectivity index (χ0v) is 38.6. The van der Waals surface area contributed by atoms with Gasteiger partial charge in [0, 0.05) is 37.5 Å². The number of allylic oxidation sites excluding steroid dienone is 12. The maximum absolute atomic E-state index is 12.6. The minimum atomic E-state index is -2.30. The highest BCUT2D eigenvalue weighted by Crippen LogP contribution is 2.35. The van der Waals surface area contributed by atoms with Crippen LogP contribution >= 0.6 is 0 Å². The minimum absolute atomic E-state index is 0.108. The molecule has 0 unspecified atom stereocenters. The number of amides is 2. The molecule has 0 aromatic heterocycles. The van der Waals surface area contributed by atoms with Gasteiger partial charge in [0.25, 0.3) is 0 Å². The fourth-order valence-electron chi connectivity index (χ4n) is 8.02. The van der Waals surface area contributed by atoms with Crippen molar-refractivity contribution in [2.45, 2.75) is 183 Å². The third kappa shape index (κ3) is 19.7. The van der Waals surface area contributed by atoms with E-state index in [1.165, 1.54) is 12.4 Å². The Bertz CT molecular complexity index is 1710.